The molecule has 2 rings (SSSR count). The van der Waals surface area contributed by atoms with E-state index in [4.69, 9.17) is 27.9 Å². The van der Waals surface area contributed by atoms with Crippen molar-refractivity contribution >= 4 is 34.9 Å². The lowest BCUT2D eigenvalue weighted by atomic mass is 10.1. The van der Waals surface area contributed by atoms with Crippen LogP contribution in [0.3, 0.4) is 0 Å². The van der Waals surface area contributed by atoms with Crippen molar-refractivity contribution in [3.05, 3.63) is 50.5 Å². The Bertz CT molecular complexity index is 740. The Kier molecular flexibility index (Phi) is 5.69. The van der Waals surface area contributed by atoms with Gasteiger partial charge in [-0.1, -0.05) is 30.1 Å². The van der Waals surface area contributed by atoms with Crippen molar-refractivity contribution in [1.29, 1.82) is 0 Å². The third-order valence-electron chi connectivity index (χ3n) is 3.18. The molecular formula is C16H14Cl2N2O3. The van der Waals surface area contributed by atoms with Gasteiger partial charge >= 0.3 is 5.97 Å². The molecule has 0 amide bonds. The molecule has 2 aromatic rings. The van der Waals surface area contributed by atoms with Crippen molar-refractivity contribution in [3.8, 4) is 11.3 Å². The van der Waals surface area contributed by atoms with E-state index in [9.17, 15) is 9.70 Å². The first kappa shape index (κ1) is 17.4. The molecule has 0 bridgehead atoms. The fourth-order valence-electron chi connectivity index (χ4n) is 1.89. The minimum Gasteiger partial charge on any atom is -0.461 e. The number of carbonyl (C=O) groups is 1. The van der Waals surface area contributed by atoms with Crippen LogP contribution in [-0.4, -0.2) is 17.6 Å². The van der Waals surface area contributed by atoms with E-state index in [1.54, 1.807) is 25.1 Å². The summed E-state index contributed by atoms with van der Waals surface area (Å²) in [6.07, 6.45) is 0.665. The average molecular weight is 353 g/mol. The first-order valence-corrected chi connectivity index (χ1v) is 7.71. The summed E-state index contributed by atoms with van der Waals surface area (Å²) in [7, 11) is 0. The first-order valence-electron chi connectivity index (χ1n) is 6.95. The van der Waals surface area contributed by atoms with Gasteiger partial charge in [-0.15, -0.1) is 4.91 Å². The van der Waals surface area contributed by atoms with Crippen LogP contribution in [0.25, 0.3) is 11.3 Å². The number of aromatic nitrogens is 1. The van der Waals surface area contributed by atoms with E-state index in [0.29, 0.717) is 27.7 Å². The highest BCUT2D eigenvalue weighted by Gasteiger charge is 2.18. The number of benzene rings is 1. The molecule has 0 spiro atoms. The summed E-state index contributed by atoms with van der Waals surface area (Å²) in [6.45, 7) is 3.91. The lowest BCUT2D eigenvalue weighted by Gasteiger charge is -2.09. The molecule has 0 saturated heterocycles. The van der Waals surface area contributed by atoms with E-state index < -0.39 is 5.97 Å². The highest BCUT2D eigenvalue weighted by molar-refractivity contribution is 6.36. The van der Waals surface area contributed by atoms with Gasteiger partial charge in [-0.3, -0.25) is 0 Å². The van der Waals surface area contributed by atoms with Crippen LogP contribution in [0.15, 0.2) is 29.4 Å². The van der Waals surface area contributed by atoms with Gasteiger partial charge in [0.1, 0.15) is 5.69 Å². The van der Waals surface area contributed by atoms with Gasteiger partial charge in [-0.05, 0) is 48.4 Å². The van der Waals surface area contributed by atoms with Gasteiger partial charge in [0.05, 0.1) is 12.3 Å². The minimum absolute atomic E-state index is 0.0702. The molecule has 7 heteroatoms. The number of halogens is 2. The molecule has 1 heterocycles. The molecule has 1 aromatic heterocycles. The smallest absolute Gasteiger partial charge is 0.359 e. The summed E-state index contributed by atoms with van der Waals surface area (Å²) < 4.78 is 5.02. The molecule has 0 fully saturated rings. The van der Waals surface area contributed by atoms with Gasteiger partial charge in [-0.2, -0.15) is 0 Å². The molecule has 0 saturated carbocycles. The summed E-state index contributed by atoms with van der Waals surface area (Å²) in [5.74, 6) is -0.687. The number of rotatable bonds is 5. The maximum Gasteiger partial charge on any atom is 0.359 e. The van der Waals surface area contributed by atoms with E-state index in [0.717, 1.165) is 5.56 Å². The number of esters is 1. The SMILES string of the molecule is CCCOC(=O)c1nc(-c2cc(Cl)c(C)c(Cl)c2)ccc1N=O. The van der Waals surface area contributed by atoms with Crippen LogP contribution in [0.1, 0.15) is 29.4 Å². The molecule has 0 aliphatic carbocycles. The van der Waals surface area contributed by atoms with Gasteiger partial charge in [0.2, 0.25) is 0 Å². The van der Waals surface area contributed by atoms with Gasteiger partial charge in [0, 0.05) is 15.6 Å². The van der Waals surface area contributed by atoms with Gasteiger partial charge in [0.25, 0.3) is 0 Å². The van der Waals surface area contributed by atoms with Crippen molar-refractivity contribution in [2.75, 3.05) is 6.61 Å². The van der Waals surface area contributed by atoms with Gasteiger partial charge in [-0.25, -0.2) is 9.78 Å². The molecule has 0 N–H and O–H groups in total. The standard InChI is InChI=1S/C16H14Cl2N2O3/c1-3-6-23-16(21)15-14(20-22)5-4-13(19-15)10-7-11(17)9(2)12(18)8-10/h4-5,7-8H,3,6H2,1-2H3. The van der Waals surface area contributed by atoms with Crippen LogP contribution in [0, 0.1) is 11.8 Å². The monoisotopic (exact) mass is 352 g/mol. The Morgan fingerprint density at radius 3 is 2.48 bits per heavy atom. The minimum atomic E-state index is -0.687. The number of pyridine rings is 1. The quantitative estimate of drug-likeness (QED) is 0.538. The largest absolute Gasteiger partial charge is 0.461 e. The van der Waals surface area contributed by atoms with Crippen molar-refractivity contribution < 1.29 is 9.53 Å². The van der Waals surface area contributed by atoms with Crippen LogP contribution in [0.4, 0.5) is 5.69 Å². The van der Waals surface area contributed by atoms with E-state index in [2.05, 4.69) is 10.2 Å². The molecule has 120 valence electrons. The van der Waals surface area contributed by atoms with E-state index in [1.807, 2.05) is 6.92 Å². The summed E-state index contributed by atoms with van der Waals surface area (Å²) in [5, 5.41) is 3.79. The van der Waals surface area contributed by atoms with E-state index >= 15 is 0 Å². The van der Waals surface area contributed by atoms with Gasteiger partial charge < -0.3 is 4.74 Å². The zero-order valence-corrected chi connectivity index (χ0v) is 14.1. The molecule has 0 unspecified atom stereocenters. The molecular weight excluding hydrogens is 339 g/mol. The maximum atomic E-state index is 12.0. The van der Waals surface area contributed by atoms with Crippen molar-refractivity contribution in [2.24, 2.45) is 5.18 Å². The Morgan fingerprint density at radius 1 is 1.26 bits per heavy atom. The molecule has 0 radical (unpaired) electrons. The van der Waals surface area contributed by atoms with Crippen LogP contribution in [0.2, 0.25) is 10.0 Å². The lowest BCUT2D eigenvalue weighted by Crippen LogP contribution is -2.09. The number of hydrogen-bond acceptors (Lipinski definition) is 5. The maximum absolute atomic E-state index is 12.0. The number of hydrogen-bond donors (Lipinski definition) is 0. The number of ether oxygens (including phenoxy) is 1. The second kappa shape index (κ2) is 7.53. The average Bonchev–Trinajstić information content (AvgIpc) is 2.56. The summed E-state index contributed by atoms with van der Waals surface area (Å²) >= 11 is 12.3. The highest BCUT2D eigenvalue weighted by Crippen LogP contribution is 2.31. The molecule has 0 aliphatic heterocycles. The summed E-state index contributed by atoms with van der Waals surface area (Å²) in [6, 6.07) is 6.38. The summed E-state index contributed by atoms with van der Waals surface area (Å²) in [5.41, 5.74) is 1.64. The normalized spacial score (nSPS) is 10.4. The summed E-state index contributed by atoms with van der Waals surface area (Å²) in [4.78, 5) is 27.1. The van der Waals surface area contributed by atoms with Crippen molar-refractivity contribution in [1.82, 2.24) is 4.98 Å². The Labute approximate surface area is 143 Å². The van der Waals surface area contributed by atoms with Crippen LogP contribution in [0.5, 0.6) is 0 Å². The second-order valence-corrected chi connectivity index (χ2v) is 5.67. The fraction of sp³-hybridized carbons (Fsp3) is 0.250. The third-order valence-corrected chi connectivity index (χ3v) is 3.96. The molecule has 23 heavy (non-hydrogen) atoms. The lowest BCUT2D eigenvalue weighted by molar-refractivity contribution is 0.0499. The zero-order chi connectivity index (χ0) is 17.0. The predicted octanol–water partition coefficient (Wildman–Crippen LogP) is 5.33. The number of nitrogens with zero attached hydrogens (tertiary/aromatic N) is 2. The van der Waals surface area contributed by atoms with Crippen LogP contribution >= 0.6 is 23.2 Å². The highest BCUT2D eigenvalue weighted by atomic mass is 35.5. The molecule has 1 aromatic carbocycles. The van der Waals surface area contributed by atoms with E-state index in [1.165, 1.54) is 6.07 Å². The predicted molar refractivity (Wildman–Crippen MR) is 90.5 cm³/mol. The topological polar surface area (TPSA) is 68.6 Å². The Balaban J connectivity index is 2.49. The van der Waals surface area contributed by atoms with Crippen molar-refractivity contribution in [2.45, 2.75) is 20.3 Å². The van der Waals surface area contributed by atoms with Crippen LogP contribution in [-0.2, 0) is 4.74 Å². The third kappa shape index (κ3) is 3.86. The second-order valence-electron chi connectivity index (χ2n) is 4.86. The fourth-order valence-corrected chi connectivity index (χ4v) is 2.38. The van der Waals surface area contributed by atoms with E-state index in [-0.39, 0.29) is 18.0 Å². The molecule has 5 nitrogen and oxygen atoms in total. The molecule has 0 atom stereocenters. The number of nitroso groups, excluding NO2 is 1. The first-order chi connectivity index (χ1) is 11.0. The van der Waals surface area contributed by atoms with Crippen LogP contribution < -0.4 is 0 Å². The number of carbonyl (C=O) groups excluding carboxylic acids is 1. The Hall–Kier alpha value is -1.98. The van der Waals surface area contributed by atoms with Gasteiger partial charge in [0.15, 0.2) is 5.69 Å². The van der Waals surface area contributed by atoms with Crippen molar-refractivity contribution in [3.63, 3.8) is 0 Å². The molecule has 0 aliphatic rings. The Morgan fingerprint density at radius 2 is 1.91 bits per heavy atom. The zero-order valence-electron chi connectivity index (χ0n) is 12.6.